The Morgan fingerprint density at radius 3 is 2.17 bits per heavy atom. The molecule has 0 amide bonds. The van der Waals surface area contributed by atoms with Crippen LogP contribution in [-0.4, -0.2) is 25.3 Å². The van der Waals surface area contributed by atoms with Crippen LogP contribution in [-0.2, 0) is 23.1 Å². The van der Waals surface area contributed by atoms with Crippen LogP contribution in [0.5, 0.6) is 0 Å². The van der Waals surface area contributed by atoms with Gasteiger partial charge in [-0.2, -0.15) is 0 Å². The number of carbonyl (C=O) groups excluding carboxylic acids is 1. The van der Waals surface area contributed by atoms with Gasteiger partial charge < -0.3 is 23.8 Å². The zero-order chi connectivity index (χ0) is 17.9. The topological polar surface area (TPSA) is 105 Å². The number of benzene rings is 1. The van der Waals surface area contributed by atoms with Crippen LogP contribution in [0, 0.1) is 0 Å². The lowest BCUT2D eigenvalue weighted by Gasteiger charge is -2.16. The number of phosphoric ester groups is 1. The van der Waals surface area contributed by atoms with Gasteiger partial charge in [0.05, 0.1) is 11.8 Å². The predicted octanol–water partition coefficient (Wildman–Crippen LogP) is 2.89. The zero-order valence-corrected chi connectivity index (χ0v) is 14.5. The van der Waals surface area contributed by atoms with Crippen LogP contribution < -0.4 is 4.89 Å². The molecule has 0 saturated carbocycles. The highest BCUT2D eigenvalue weighted by Crippen LogP contribution is 2.34. The molecule has 0 radical (unpaired) electrons. The maximum atomic E-state index is 11.3. The lowest BCUT2D eigenvalue weighted by Crippen LogP contribution is -2.09. The Morgan fingerprint density at radius 1 is 1.30 bits per heavy atom. The summed E-state index contributed by atoms with van der Waals surface area (Å²) in [5.41, 5.74) is 0.961. The van der Waals surface area contributed by atoms with Crippen LogP contribution in [0.1, 0.15) is 31.9 Å². The first kappa shape index (κ1) is 21.3. The van der Waals surface area contributed by atoms with E-state index in [1.165, 1.54) is 6.92 Å². The maximum Gasteiger partial charge on any atom is 0.334 e. The fraction of sp³-hybridized carbons (Fsp3) is 0.400. The molecule has 23 heavy (non-hydrogen) atoms. The lowest BCUT2D eigenvalue weighted by molar-refractivity contribution is -0.220. The summed E-state index contributed by atoms with van der Waals surface area (Å²) in [4.78, 5) is 21.3. The van der Waals surface area contributed by atoms with Crippen molar-refractivity contribution in [2.75, 3.05) is 14.2 Å². The van der Waals surface area contributed by atoms with E-state index in [1.807, 2.05) is 37.3 Å². The average Bonchev–Trinajstić information content (AvgIpc) is 2.53. The van der Waals surface area contributed by atoms with Crippen molar-refractivity contribution >= 4 is 13.8 Å². The molecule has 1 rings (SSSR count). The third kappa shape index (κ3) is 9.86. The van der Waals surface area contributed by atoms with Crippen LogP contribution >= 0.6 is 7.82 Å². The molecule has 130 valence electrons. The van der Waals surface area contributed by atoms with Gasteiger partial charge in [-0.05, 0) is 18.9 Å². The van der Waals surface area contributed by atoms with Crippen molar-refractivity contribution in [2.24, 2.45) is 0 Å². The third-order valence-electron chi connectivity index (χ3n) is 2.57. The first-order valence-corrected chi connectivity index (χ1v) is 8.27. The first-order valence-electron chi connectivity index (χ1n) is 6.81. The Labute approximate surface area is 136 Å². The van der Waals surface area contributed by atoms with E-state index >= 15 is 0 Å². The van der Waals surface area contributed by atoms with E-state index in [0.717, 1.165) is 25.9 Å². The number of rotatable bonds is 6. The summed E-state index contributed by atoms with van der Waals surface area (Å²) in [7, 11) is -1.83. The average molecular weight is 345 g/mol. The molecule has 0 aliphatic rings. The molecule has 0 aromatic heterocycles. The molecule has 0 heterocycles. The van der Waals surface area contributed by atoms with E-state index in [4.69, 9.17) is 9.84 Å². The predicted molar refractivity (Wildman–Crippen MR) is 83.6 cm³/mol. The van der Waals surface area contributed by atoms with Crippen molar-refractivity contribution in [1.82, 2.24) is 0 Å². The second kappa shape index (κ2) is 11.0. The van der Waals surface area contributed by atoms with Crippen molar-refractivity contribution in [3.05, 3.63) is 47.7 Å². The number of hydrogen-bond donors (Lipinski definition) is 1. The minimum absolute atomic E-state index is 0.0482. The second-order valence-corrected chi connectivity index (χ2v) is 5.97. The highest BCUT2D eigenvalue weighted by molar-refractivity contribution is 7.45. The van der Waals surface area contributed by atoms with Crippen molar-refractivity contribution in [2.45, 2.75) is 26.4 Å². The van der Waals surface area contributed by atoms with Crippen molar-refractivity contribution in [1.29, 1.82) is 0 Å². The highest BCUT2D eigenvalue weighted by atomic mass is 31.2. The molecule has 7 nitrogen and oxygen atoms in total. The molecule has 0 bridgehead atoms. The van der Waals surface area contributed by atoms with E-state index in [0.29, 0.717) is 6.42 Å². The van der Waals surface area contributed by atoms with Gasteiger partial charge in [0.15, 0.2) is 0 Å². The Bertz CT molecular complexity index is 530. The number of ether oxygens (including phenoxy) is 1. The molecular weight excluding hydrogens is 323 g/mol. The monoisotopic (exact) mass is 345 g/mol. The van der Waals surface area contributed by atoms with Crippen LogP contribution in [0.25, 0.3) is 0 Å². The van der Waals surface area contributed by atoms with Gasteiger partial charge in [0.2, 0.25) is 0 Å². The molecule has 1 unspecified atom stereocenters. The van der Waals surface area contributed by atoms with Crippen LogP contribution in [0.4, 0.5) is 0 Å². The Hall–Kier alpha value is -1.66. The second-order valence-electron chi connectivity index (χ2n) is 4.34. The molecule has 8 heteroatoms. The Morgan fingerprint density at radius 2 is 1.83 bits per heavy atom. The van der Waals surface area contributed by atoms with E-state index in [1.54, 1.807) is 0 Å². The van der Waals surface area contributed by atoms with Crippen LogP contribution in [0.15, 0.2) is 42.2 Å². The summed E-state index contributed by atoms with van der Waals surface area (Å²) in [5.74, 6) is -0.566. The number of phosphoric acid groups is 1. The molecule has 1 aromatic carbocycles. The van der Waals surface area contributed by atoms with Gasteiger partial charge in [-0.25, -0.2) is 4.79 Å². The zero-order valence-electron chi connectivity index (χ0n) is 13.6. The lowest BCUT2D eigenvalue weighted by atomic mass is 10.1. The molecule has 0 spiro atoms. The molecule has 0 aliphatic heterocycles. The normalized spacial score (nSPS) is 12.8. The quantitative estimate of drug-likeness (QED) is 0.366. The number of esters is 1. The van der Waals surface area contributed by atoms with Crippen molar-refractivity contribution in [3.8, 4) is 0 Å². The van der Waals surface area contributed by atoms with Crippen LogP contribution in [0.2, 0.25) is 0 Å². The number of aliphatic hydroxyl groups is 1. The Balaban J connectivity index is 0.000000585. The van der Waals surface area contributed by atoms with Gasteiger partial charge in [-0.3, -0.25) is 4.57 Å². The Kier molecular flexibility index (Phi) is 10.2. The number of allylic oxidation sites excluding steroid dienone is 1. The molecular formula is C15H22O7P-. The van der Waals surface area contributed by atoms with Gasteiger partial charge in [0.25, 0.3) is 7.82 Å². The van der Waals surface area contributed by atoms with Crippen molar-refractivity contribution < 1.29 is 33.1 Å². The van der Waals surface area contributed by atoms with E-state index in [-0.39, 0.29) is 11.9 Å². The standard InChI is InChI=1S/C13H16O3.C2H7O4P/c1-3-12(11-7-5-4-6-8-11)16-13(15)9-10(2)14;1-5-7(3,4)6-2/h4-9,12,14H,3H2,1-2H3;1-2H3,(H,3,4)/p-1/b10-9-;. The summed E-state index contributed by atoms with van der Waals surface area (Å²) >= 11 is 0. The van der Waals surface area contributed by atoms with E-state index in [9.17, 15) is 14.3 Å². The minimum atomic E-state index is -3.90. The largest absolute Gasteiger partial charge is 0.756 e. The molecule has 0 saturated heterocycles. The highest BCUT2D eigenvalue weighted by Gasteiger charge is 2.12. The van der Waals surface area contributed by atoms with Gasteiger partial charge in [-0.15, -0.1) is 0 Å². The number of hydrogen-bond acceptors (Lipinski definition) is 7. The van der Waals surface area contributed by atoms with Gasteiger partial charge >= 0.3 is 5.97 Å². The summed E-state index contributed by atoms with van der Waals surface area (Å²) in [6.07, 6.45) is 1.52. The van der Waals surface area contributed by atoms with E-state index in [2.05, 4.69) is 9.05 Å². The number of carbonyl (C=O) groups is 1. The minimum Gasteiger partial charge on any atom is -0.756 e. The summed E-state index contributed by atoms with van der Waals surface area (Å²) in [6.45, 7) is 3.38. The molecule has 1 atom stereocenters. The maximum absolute atomic E-state index is 11.3. The third-order valence-corrected chi connectivity index (χ3v) is 3.47. The van der Waals surface area contributed by atoms with Crippen LogP contribution in [0.3, 0.4) is 0 Å². The first-order chi connectivity index (χ1) is 10.8. The van der Waals surface area contributed by atoms with Gasteiger partial charge in [0.1, 0.15) is 6.10 Å². The van der Waals surface area contributed by atoms with Gasteiger partial charge in [-0.1, -0.05) is 37.3 Å². The molecule has 0 aliphatic carbocycles. The molecule has 1 N–H and O–H groups in total. The molecule has 0 fully saturated rings. The SMILES string of the molecule is CCC(OC(=O)/C=C(/C)O)c1ccccc1.COP(=O)([O-])OC. The van der Waals surface area contributed by atoms with Crippen molar-refractivity contribution in [3.63, 3.8) is 0 Å². The summed E-state index contributed by atoms with van der Waals surface area (Å²) < 4.78 is 22.9. The fourth-order valence-corrected chi connectivity index (χ4v) is 1.62. The number of aliphatic hydroxyl groups excluding tert-OH is 1. The summed E-state index contributed by atoms with van der Waals surface area (Å²) in [6, 6.07) is 9.54. The molecule has 1 aromatic rings. The van der Waals surface area contributed by atoms with Gasteiger partial charge in [0, 0.05) is 14.2 Å². The summed E-state index contributed by atoms with van der Waals surface area (Å²) in [5, 5.41) is 8.94. The van der Waals surface area contributed by atoms with E-state index < -0.39 is 13.8 Å². The smallest absolute Gasteiger partial charge is 0.334 e. The fourth-order valence-electron chi connectivity index (χ4n) is 1.47.